The van der Waals surface area contributed by atoms with Crippen LogP contribution < -0.4 is 0 Å². The molecule has 0 amide bonds. The van der Waals surface area contributed by atoms with Crippen molar-refractivity contribution in [2.75, 3.05) is 6.61 Å². The number of fused-ring (bicyclic) bond motifs is 1. The maximum Gasteiger partial charge on any atom is 0.0493 e. The fourth-order valence-corrected chi connectivity index (χ4v) is 4.17. The van der Waals surface area contributed by atoms with Crippen molar-refractivity contribution in [3.8, 4) is 0 Å². The normalized spacial score (nSPS) is 42.2. The molecular formula is C14H22O. The first-order valence-corrected chi connectivity index (χ1v) is 6.35. The molecule has 3 aliphatic carbocycles. The van der Waals surface area contributed by atoms with Crippen molar-refractivity contribution in [2.45, 2.75) is 52.4 Å². The lowest BCUT2D eigenvalue weighted by Gasteiger charge is -2.52. The van der Waals surface area contributed by atoms with Crippen LogP contribution in [0.2, 0.25) is 0 Å². The van der Waals surface area contributed by atoms with Gasteiger partial charge >= 0.3 is 0 Å². The van der Waals surface area contributed by atoms with E-state index in [1.165, 1.54) is 38.5 Å². The number of allylic oxidation sites excluding steroid dienone is 2. The topological polar surface area (TPSA) is 20.2 Å². The molecule has 0 spiro atoms. The van der Waals surface area contributed by atoms with Gasteiger partial charge in [0.1, 0.15) is 0 Å². The summed E-state index contributed by atoms with van der Waals surface area (Å²) >= 11 is 0. The largest absolute Gasteiger partial charge is 0.396 e. The number of rotatable bonds is 1. The van der Waals surface area contributed by atoms with E-state index in [0.717, 1.165) is 5.92 Å². The maximum atomic E-state index is 9.60. The smallest absolute Gasteiger partial charge is 0.0493 e. The zero-order valence-electron chi connectivity index (χ0n) is 9.97. The first-order chi connectivity index (χ1) is 7.05. The van der Waals surface area contributed by atoms with Crippen molar-refractivity contribution in [2.24, 2.45) is 16.7 Å². The second-order valence-electron chi connectivity index (χ2n) is 6.86. The summed E-state index contributed by atoms with van der Waals surface area (Å²) in [4.78, 5) is 0. The summed E-state index contributed by atoms with van der Waals surface area (Å²) < 4.78 is 0. The summed E-state index contributed by atoms with van der Waals surface area (Å²) in [7, 11) is 0. The molecule has 3 rings (SSSR count). The van der Waals surface area contributed by atoms with Crippen LogP contribution in [0.15, 0.2) is 11.1 Å². The molecule has 1 saturated carbocycles. The fraction of sp³-hybridized carbons (Fsp3) is 0.857. The van der Waals surface area contributed by atoms with Gasteiger partial charge in [0, 0.05) is 12.0 Å². The standard InChI is InChI=1S/C14H22O/c1-13(2)6-10-5-12-3-4-14(12,9-15)8-11(10)7-13/h12,15H,3-9H2,1-2H3/t12-,14+/m1/s1. The van der Waals surface area contributed by atoms with Gasteiger partial charge in [-0.05, 0) is 49.9 Å². The van der Waals surface area contributed by atoms with Crippen LogP contribution in [0.25, 0.3) is 0 Å². The van der Waals surface area contributed by atoms with E-state index in [4.69, 9.17) is 0 Å². The lowest BCUT2D eigenvalue weighted by atomic mass is 9.53. The Bertz CT molecular complexity index is 322. The highest BCUT2D eigenvalue weighted by Gasteiger charge is 2.51. The van der Waals surface area contributed by atoms with E-state index < -0.39 is 0 Å². The van der Waals surface area contributed by atoms with Crippen molar-refractivity contribution in [3.05, 3.63) is 11.1 Å². The number of hydrogen-bond acceptors (Lipinski definition) is 1. The Morgan fingerprint density at radius 1 is 1.20 bits per heavy atom. The van der Waals surface area contributed by atoms with Crippen molar-refractivity contribution in [3.63, 3.8) is 0 Å². The van der Waals surface area contributed by atoms with Crippen LogP contribution in [0.5, 0.6) is 0 Å². The summed E-state index contributed by atoms with van der Waals surface area (Å²) in [6.45, 7) is 5.20. The third-order valence-corrected chi connectivity index (χ3v) is 5.11. The van der Waals surface area contributed by atoms with Crippen LogP contribution in [-0.2, 0) is 0 Å². The van der Waals surface area contributed by atoms with Gasteiger partial charge in [-0.15, -0.1) is 0 Å². The maximum absolute atomic E-state index is 9.60. The highest BCUT2D eigenvalue weighted by atomic mass is 16.3. The van der Waals surface area contributed by atoms with Gasteiger partial charge < -0.3 is 5.11 Å². The molecule has 1 nitrogen and oxygen atoms in total. The zero-order chi connectivity index (χ0) is 10.7. The molecule has 0 aromatic rings. The lowest BCUT2D eigenvalue weighted by molar-refractivity contribution is -0.0331. The Morgan fingerprint density at radius 2 is 1.93 bits per heavy atom. The summed E-state index contributed by atoms with van der Waals surface area (Å²) in [6, 6.07) is 0. The van der Waals surface area contributed by atoms with Gasteiger partial charge in [-0.1, -0.05) is 25.0 Å². The SMILES string of the molecule is CC1(C)CC2=C(C1)C[C@]1(CO)CC[C@@H]1C2. The van der Waals surface area contributed by atoms with Gasteiger partial charge in [-0.25, -0.2) is 0 Å². The third-order valence-electron chi connectivity index (χ3n) is 5.11. The molecule has 0 radical (unpaired) electrons. The Hall–Kier alpha value is -0.300. The molecule has 15 heavy (non-hydrogen) atoms. The van der Waals surface area contributed by atoms with Crippen LogP contribution in [0, 0.1) is 16.7 Å². The summed E-state index contributed by atoms with van der Waals surface area (Å²) in [5, 5.41) is 9.60. The van der Waals surface area contributed by atoms with E-state index in [1.807, 2.05) is 0 Å². The minimum Gasteiger partial charge on any atom is -0.396 e. The molecule has 2 atom stereocenters. The van der Waals surface area contributed by atoms with E-state index in [-0.39, 0.29) is 0 Å². The summed E-state index contributed by atoms with van der Waals surface area (Å²) in [5.41, 5.74) is 4.29. The monoisotopic (exact) mass is 206 g/mol. The zero-order valence-corrected chi connectivity index (χ0v) is 9.97. The Balaban J connectivity index is 1.86. The van der Waals surface area contributed by atoms with Gasteiger partial charge in [0.25, 0.3) is 0 Å². The van der Waals surface area contributed by atoms with E-state index in [1.54, 1.807) is 11.1 Å². The molecule has 3 aliphatic rings. The van der Waals surface area contributed by atoms with Gasteiger partial charge in [0.05, 0.1) is 0 Å². The second kappa shape index (κ2) is 2.88. The Labute approximate surface area is 92.6 Å². The van der Waals surface area contributed by atoms with Crippen molar-refractivity contribution in [1.82, 2.24) is 0 Å². The van der Waals surface area contributed by atoms with Crippen LogP contribution in [0.1, 0.15) is 52.4 Å². The van der Waals surface area contributed by atoms with Crippen LogP contribution >= 0.6 is 0 Å². The first-order valence-electron chi connectivity index (χ1n) is 6.35. The Kier molecular flexibility index (Phi) is 1.90. The number of aliphatic hydroxyl groups is 1. The van der Waals surface area contributed by atoms with Gasteiger partial charge in [-0.3, -0.25) is 0 Å². The average Bonchev–Trinajstić information content (AvgIpc) is 2.43. The molecule has 0 aromatic heterocycles. The molecule has 0 aliphatic heterocycles. The van der Waals surface area contributed by atoms with Crippen molar-refractivity contribution < 1.29 is 5.11 Å². The van der Waals surface area contributed by atoms with Gasteiger partial charge in [0.15, 0.2) is 0 Å². The molecule has 84 valence electrons. The fourth-order valence-electron chi connectivity index (χ4n) is 4.17. The molecule has 0 saturated heterocycles. The van der Waals surface area contributed by atoms with Crippen LogP contribution in [-0.4, -0.2) is 11.7 Å². The van der Waals surface area contributed by atoms with Crippen molar-refractivity contribution in [1.29, 1.82) is 0 Å². The van der Waals surface area contributed by atoms with Gasteiger partial charge in [0.2, 0.25) is 0 Å². The third kappa shape index (κ3) is 1.32. The Morgan fingerprint density at radius 3 is 2.53 bits per heavy atom. The lowest BCUT2D eigenvalue weighted by Crippen LogP contribution is -2.45. The molecule has 0 aromatic carbocycles. The molecule has 0 bridgehead atoms. The predicted molar refractivity (Wildman–Crippen MR) is 61.5 cm³/mol. The average molecular weight is 206 g/mol. The van der Waals surface area contributed by atoms with E-state index in [9.17, 15) is 5.11 Å². The molecule has 0 unspecified atom stereocenters. The highest BCUT2D eigenvalue weighted by Crippen LogP contribution is 2.61. The quantitative estimate of drug-likeness (QED) is 0.653. The van der Waals surface area contributed by atoms with E-state index in [0.29, 0.717) is 17.4 Å². The summed E-state index contributed by atoms with van der Waals surface area (Å²) in [5.74, 6) is 0.815. The van der Waals surface area contributed by atoms with E-state index >= 15 is 0 Å². The number of aliphatic hydroxyl groups excluding tert-OH is 1. The van der Waals surface area contributed by atoms with Crippen LogP contribution in [0.4, 0.5) is 0 Å². The summed E-state index contributed by atoms with van der Waals surface area (Å²) in [6.07, 6.45) is 7.76. The highest BCUT2D eigenvalue weighted by molar-refractivity contribution is 5.30. The van der Waals surface area contributed by atoms with Crippen molar-refractivity contribution >= 4 is 0 Å². The molecular weight excluding hydrogens is 184 g/mol. The molecule has 0 heterocycles. The molecule has 1 fully saturated rings. The van der Waals surface area contributed by atoms with Gasteiger partial charge in [-0.2, -0.15) is 0 Å². The minimum absolute atomic E-state index is 0.319. The minimum atomic E-state index is 0.319. The second-order valence-corrected chi connectivity index (χ2v) is 6.86. The molecule has 1 N–H and O–H groups in total. The first kappa shape index (κ1) is 9.89. The van der Waals surface area contributed by atoms with Crippen LogP contribution in [0.3, 0.4) is 0 Å². The number of hydrogen-bond donors (Lipinski definition) is 1. The van der Waals surface area contributed by atoms with E-state index in [2.05, 4.69) is 13.8 Å². The predicted octanol–water partition coefficient (Wildman–Crippen LogP) is 3.29. The molecule has 1 heteroatoms.